The number of ether oxygens (including phenoxy) is 1. The maximum absolute atomic E-state index is 12.1. The van der Waals surface area contributed by atoms with Crippen LogP contribution in [0, 0.1) is 0 Å². The molecule has 4 nitrogen and oxygen atoms in total. The topological polar surface area (TPSA) is 49.8 Å². The lowest BCUT2D eigenvalue weighted by Gasteiger charge is -2.33. The summed E-state index contributed by atoms with van der Waals surface area (Å²) >= 11 is 0. The summed E-state index contributed by atoms with van der Waals surface area (Å²) in [6, 6.07) is 0. The molecule has 2 aliphatic rings. The smallest absolute Gasteiger partial charge is 0.225 e. The lowest BCUT2D eigenvalue weighted by atomic mass is 9.96. The van der Waals surface area contributed by atoms with E-state index in [1.165, 1.54) is 0 Å². The molecule has 1 heterocycles. The molecule has 0 bridgehead atoms. The van der Waals surface area contributed by atoms with Gasteiger partial charge in [-0.3, -0.25) is 4.79 Å². The van der Waals surface area contributed by atoms with Crippen LogP contribution < -0.4 is 0 Å². The van der Waals surface area contributed by atoms with Crippen molar-refractivity contribution in [3.05, 3.63) is 0 Å². The third-order valence-electron chi connectivity index (χ3n) is 4.21. The quantitative estimate of drug-likeness (QED) is 0.832. The molecule has 0 spiro atoms. The molecule has 0 radical (unpaired) electrons. The molecule has 0 atom stereocenters. The monoisotopic (exact) mass is 255 g/mol. The standard InChI is InChI=1S/C14H25NO3/c1-2-18-12-5-9-15(10-6-12)13(16)11-14(17)7-3-4-8-14/h12,17H,2-11H2,1H3. The minimum absolute atomic E-state index is 0.120. The highest BCUT2D eigenvalue weighted by Crippen LogP contribution is 2.33. The maximum atomic E-state index is 12.1. The van der Waals surface area contributed by atoms with Gasteiger partial charge in [0.1, 0.15) is 0 Å². The second kappa shape index (κ2) is 6.02. The first-order chi connectivity index (χ1) is 8.63. The zero-order chi connectivity index (χ0) is 13.0. The van der Waals surface area contributed by atoms with Crippen molar-refractivity contribution in [2.75, 3.05) is 19.7 Å². The molecular formula is C14H25NO3. The summed E-state index contributed by atoms with van der Waals surface area (Å²) in [5.74, 6) is 0.120. The van der Waals surface area contributed by atoms with Gasteiger partial charge in [-0.2, -0.15) is 0 Å². The van der Waals surface area contributed by atoms with Crippen LogP contribution in [0.15, 0.2) is 0 Å². The fraction of sp³-hybridized carbons (Fsp3) is 0.929. The van der Waals surface area contributed by atoms with Crippen LogP contribution in [-0.2, 0) is 9.53 Å². The molecule has 0 aromatic heterocycles. The molecule has 1 N–H and O–H groups in total. The van der Waals surface area contributed by atoms with Gasteiger partial charge in [-0.05, 0) is 32.6 Å². The minimum atomic E-state index is -0.714. The van der Waals surface area contributed by atoms with E-state index in [1.807, 2.05) is 11.8 Å². The summed E-state index contributed by atoms with van der Waals surface area (Å²) in [6.07, 6.45) is 6.16. The molecule has 4 heteroatoms. The number of amides is 1. The Labute approximate surface area is 109 Å². The molecular weight excluding hydrogens is 230 g/mol. The molecule has 18 heavy (non-hydrogen) atoms. The van der Waals surface area contributed by atoms with Gasteiger partial charge in [0.05, 0.1) is 18.1 Å². The van der Waals surface area contributed by atoms with Gasteiger partial charge in [0.2, 0.25) is 5.91 Å². The van der Waals surface area contributed by atoms with Crippen LogP contribution in [0.2, 0.25) is 0 Å². The second-order valence-corrected chi connectivity index (χ2v) is 5.64. The van der Waals surface area contributed by atoms with E-state index >= 15 is 0 Å². The fourth-order valence-electron chi connectivity index (χ4n) is 3.11. The number of carbonyl (C=O) groups is 1. The van der Waals surface area contributed by atoms with Crippen molar-refractivity contribution in [3.63, 3.8) is 0 Å². The van der Waals surface area contributed by atoms with E-state index in [4.69, 9.17) is 4.74 Å². The van der Waals surface area contributed by atoms with Crippen LogP contribution in [0.25, 0.3) is 0 Å². The number of piperidine rings is 1. The van der Waals surface area contributed by atoms with Crippen molar-refractivity contribution in [2.45, 2.75) is 63.6 Å². The Balaban J connectivity index is 1.77. The van der Waals surface area contributed by atoms with Gasteiger partial charge in [-0.25, -0.2) is 0 Å². The lowest BCUT2D eigenvalue weighted by molar-refractivity contribution is -0.138. The summed E-state index contributed by atoms with van der Waals surface area (Å²) in [7, 11) is 0. The number of hydrogen-bond donors (Lipinski definition) is 1. The van der Waals surface area contributed by atoms with Crippen LogP contribution in [0.1, 0.15) is 51.9 Å². The molecule has 0 aromatic carbocycles. The van der Waals surface area contributed by atoms with Crippen molar-refractivity contribution in [2.24, 2.45) is 0 Å². The van der Waals surface area contributed by atoms with Crippen molar-refractivity contribution in [3.8, 4) is 0 Å². The van der Waals surface area contributed by atoms with Crippen molar-refractivity contribution in [1.29, 1.82) is 0 Å². The molecule has 1 aliphatic carbocycles. The van der Waals surface area contributed by atoms with E-state index in [-0.39, 0.29) is 5.91 Å². The fourth-order valence-corrected chi connectivity index (χ4v) is 3.11. The number of carbonyl (C=O) groups excluding carboxylic acids is 1. The van der Waals surface area contributed by atoms with E-state index in [0.29, 0.717) is 12.5 Å². The predicted octanol–water partition coefficient (Wildman–Crippen LogP) is 1.71. The maximum Gasteiger partial charge on any atom is 0.225 e. The molecule has 0 aromatic rings. The van der Waals surface area contributed by atoms with Crippen LogP contribution in [0.3, 0.4) is 0 Å². The first-order valence-electron chi connectivity index (χ1n) is 7.25. The Morgan fingerprint density at radius 1 is 1.33 bits per heavy atom. The molecule has 1 saturated heterocycles. The Hall–Kier alpha value is -0.610. The number of likely N-dealkylation sites (tertiary alicyclic amines) is 1. The Morgan fingerprint density at radius 2 is 1.94 bits per heavy atom. The van der Waals surface area contributed by atoms with Gasteiger partial charge in [-0.15, -0.1) is 0 Å². The molecule has 2 fully saturated rings. The van der Waals surface area contributed by atoms with Gasteiger partial charge < -0.3 is 14.7 Å². The highest BCUT2D eigenvalue weighted by molar-refractivity contribution is 5.77. The Morgan fingerprint density at radius 3 is 2.50 bits per heavy atom. The molecule has 2 rings (SSSR count). The van der Waals surface area contributed by atoms with Gasteiger partial charge in [-0.1, -0.05) is 12.8 Å². The summed E-state index contributed by atoms with van der Waals surface area (Å²) in [4.78, 5) is 14.0. The average molecular weight is 255 g/mol. The zero-order valence-corrected chi connectivity index (χ0v) is 11.4. The number of aliphatic hydroxyl groups is 1. The molecule has 1 aliphatic heterocycles. The van der Waals surface area contributed by atoms with E-state index in [0.717, 1.165) is 58.2 Å². The zero-order valence-electron chi connectivity index (χ0n) is 11.4. The predicted molar refractivity (Wildman–Crippen MR) is 69.3 cm³/mol. The van der Waals surface area contributed by atoms with E-state index in [1.54, 1.807) is 0 Å². The Kier molecular flexibility index (Phi) is 4.62. The average Bonchev–Trinajstić information content (AvgIpc) is 2.77. The number of nitrogens with zero attached hydrogens (tertiary/aromatic N) is 1. The summed E-state index contributed by atoms with van der Waals surface area (Å²) in [5, 5.41) is 10.3. The molecule has 104 valence electrons. The van der Waals surface area contributed by atoms with E-state index in [2.05, 4.69) is 0 Å². The van der Waals surface area contributed by atoms with E-state index in [9.17, 15) is 9.90 Å². The molecule has 1 amide bonds. The van der Waals surface area contributed by atoms with Crippen molar-refractivity contribution < 1.29 is 14.6 Å². The van der Waals surface area contributed by atoms with E-state index < -0.39 is 5.60 Å². The number of rotatable bonds is 4. The third-order valence-corrected chi connectivity index (χ3v) is 4.21. The lowest BCUT2D eigenvalue weighted by Crippen LogP contribution is -2.43. The largest absolute Gasteiger partial charge is 0.389 e. The highest BCUT2D eigenvalue weighted by atomic mass is 16.5. The van der Waals surface area contributed by atoms with Crippen LogP contribution in [0.5, 0.6) is 0 Å². The van der Waals surface area contributed by atoms with Gasteiger partial charge in [0.25, 0.3) is 0 Å². The Bertz CT molecular complexity index is 279. The van der Waals surface area contributed by atoms with Crippen LogP contribution >= 0.6 is 0 Å². The first-order valence-corrected chi connectivity index (χ1v) is 7.25. The van der Waals surface area contributed by atoms with Crippen molar-refractivity contribution in [1.82, 2.24) is 4.90 Å². The van der Waals surface area contributed by atoms with Gasteiger partial charge >= 0.3 is 0 Å². The van der Waals surface area contributed by atoms with Crippen molar-refractivity contribution >= 4 is 5.91 Å². The normalized spacial score (nSPS) is 24.4. The minimum Gasteiger partial charge on any atom is -0.389 e. The summed E-state index contributed by atoms with van der Waals surface area (Å²) in [6.45, 7) is 4.31. The third kappa shape index (κ3) is 3.45. The van der Waals surface area contributed by atoms with Gasteiger partial charge in [0.15, 0.2) is 0 Å². The summed E-state index contributed by atoms with van der Waals surface area (Å²) in [5.41, 5.74) is -0.714. The molecule has 1 saturated carbocycles. The number of hydrogen-bond acceptors (Lipinski definition) is 3. The second-order valence-electron chi connectivity index (χ2n) is 5.64. The van der Waals surface area contributed by atoms with Gasteiger partial charge in [0, 0.05) is 19.7 Å². The van der Waals surface area contributed by atoms with Crippen LogP contribution in [-0.4, -0.2) is 47.3 Å². The SMILES string of the molecule is CCOC1CCN(C(=O)CC2(O)CCCC2)CC1. The highest BCUT2D eigenvalue weighted by Gasteiger charge is 2.35. The van der Waals surface area contributed by atoms with Crippen LogP contribution in [0.4, 0.5) is 0 Å². The molecule has 0 unspecified atom stereocenters. The summed E-state index contributed by atoms with van der Waals surface area (Å²) < 4.78 is 5.58. The first kappa shape index (κ1) is 13.8.